The van der Waals surface area contributed by atoms with Crippen LogP contribution in [0.5, 0.6) is 0 Å². The molecule has 6 nitrogen and oxygen atoms in total. The average molecular weight is 198 g/mol. The summed E-state index contributed by atoms with van der Waals surface area (Å²) in [5.41, 5.74) is 5.60. The number of aromatic nitrogens is 2. The van der Waals surface area contributed by atoms with Crippen molar-refractivity contribution in [1.29, 1.82) is 0 Å². The Morgan fingerprint density at radius 2 is 2.50 bits per heavy atom. The van der Waals surface area contributed by atoms with Gasteiger partial charge in [0.25, 0.3) is 0 Å². The second-order valence-corrected chi connectivity index (χ2v) is 3.26. The molecule has 78 valence electrons. The van der Waals surface area contributed by atoms with Gasteiger partial charge in [-0.1, -0.05) is 0 Å². The quantitative estimate of drug-likeness (QED) is 0.724. The number of nitrogens with two attached hydrogens (primary N) is 1. The monoisotopic (exact) mass is 198 g/mol. The van der Waals surface area contributed by atoms with E-state index in [9.17, 15) is 4.79 Å². The van der Waals surface area contributed by atoms with Gasteiger partial charge >= 0.3 is 6.09 Å². The SMILES string of the molecule is CC(N)CN(C)c1ccn(C(=O)O)n1. The first-order chi connectivity index (χ1) is 6.50. The van der Waals surface area contributed by atoms with Gasteiger partial charge in [-0.05, 0) is 6.92 Å². The van der Waals surface area contributed by atoms with Crippen LogP contribution in [-0.4, -0.2) is 40.6 Å². The minimum absolute atomic E-state index is 0.0231. The van der Waals surface area contributed by atoms with Crippen LogP contribution in [0.1, 0.15) is 6.92 Å². The zero-order valence-corrected chi connectivity index (χ0v) is 8.21. The van der Waals surface area contributed by atoms with Crippen LogP contribution in [-0.2, 0) is 0 Å². The van der Waals surface area contributed by atoms with Gasteiger partial charge in [-0.15, -0.1) is 5.10 Å². The lowest BCUT2D eigenvalue weighted by molar-refractivity contribution is 0.192. The van der Waals surface area contributed by atoms with E-state index in [1.165, 1.54) is 6.20 Å². The Hall–Kier alpha value is -1.56. The van der Waals surface area contributed by atoms with Crippen molar-refractivity contribution in [3.63, 3.8) is 0 Å². The third-order valence-corrected chi connectivity index (χ3v) is 1.72. The molecule has 14 heavy (non-hydrogen) atoms. The first-order valence-electron chi connectivity index (χ1n) is 4.26. The average Bonchev–Trinajstić information content (AvgIpc) is 2.50. The van der Waals surface area contributed by atoms with Gasteiger partial charge in [0.1, 0.15) is 0 Å². The van der Waals surface area contributed by atoms with Gasteiger partial charge in [0.2, 0.25) is 0 Å². The number of carboxylic acid groups (broad SMARTS) is 1. The molecular weight excluding hydrogens is 184 g/mol. The van der Waals surface area contributed by atoms with E-state index in [-0.39, 0.29) is 6.04 Å². The van der Waals surface area contributed by atoms with Gasteiger partial charge < -0.3 is 15.7 Å². The Labute approximate surface area is 81.9 Å². The van der Waals surface area contributed by atoms with E-state index in [0.29, 0.717) is 12.4 Å². The van der Waals surface area contributed by atoms with E-state index in [2.05, 4.69) is 5.10 Å². The molecule has 1 heterocycles. The van der Waals surface area contributed by atoms with Crippen molar-refractivity contribution in [3.8, 4) is 0 Å². The number of hydrogen-bond donors (Lipinski definition) is 2. The number of anilines is 1. The molecule has 0 aromatic carbocycles. The normalized spacial score (nSPS) is 12.5. The van der Waals surface area contributed by atoms with Crippen molar-refractivity contribution in [2.75, 3.05) is 18.5 Å². The van der Waals surface area contributed by atoms with Crippen LogP contribution < -0.4 is 10.6 Å². The molecule has 0 spiro atoms. The molecule has 3 N–H and O–H groups in total. The van der Waals surface area contributed by atoms with E-state index in [1.807, 2.05) is 18.9 Å². The molecule has 0 radical (unpaired) electrons. The van der Waals surface area contributed by atoms with Crippen molar-refractivity contribution in [2.45, 2.75) is 13.0 Å². The summed E-state index contributed by atoms with van der Waals surface area (Å²) in [5.74, 6) is 0.602. The molecule has 1 unspecified atom stereocenters. The first kappa shape index (κ1) is 10.5. The zero-order valence-electron chi connectivity index (χ0n) is 8.21. The molecule has 0 saturated carbocycles. The molecule has 1 aromatic heterocycles. The molecule has 0 aliphatic carbocycles. The number of hydrogen-bond acceptors (Lipinski definition) is 4. The van der Waals surface area contributed by atoms with E-state index in [1.54, 1.807) is 6.07 Å². The van der Waals surface area contributed by atoms with E-state index >= 15 is 0 Å². The van der Waals surface area contributed by atoms with Crippen LogP contribution in [0.2, 0.25) is 0 Å². The van der Waals surface area contributed by atoms with Gasteiger partial charge in [-0.2, -0.15) is 4.68 Å². The fourth-order valence-electron chi connectivity index (χ4n) is 1.15. The lowest BCUT2D eigenvalue weighted by Crippen LogP contribution is -2.33. The lowest BCUT2D eigenvalue weighted by atomic mass is 10.3. The highest BCUT2D eigenvalue weighted by Crippen LogP contribution is 2.07. The summed E-state index contributed by atoms with van der Waals surface area (Å²) in [6.45, 7) is 2.52. The number of likely N-dealkylation sites (N-methyl/N-ethyl adjacent to an activating group) is 1. The van der Waals surface area contributed by atoms with Gasteiger partial charge in [0, 0.05) is 31.9 Å². The summed E-state index contributed by atoms with van der Waals surface area (Å²) in [4.78, 5) is 12.3. The Morgan fingerprint density at radius 3 is 2.93 bits per heavy atom. The Kier molecular flexibility index (Phi) is 3.08. The maximum absolute atomic E-state index is 10.5. The standard InChI is InChI=1S/C8H14N4O2/c1-6(9)5-11(2)7-3-4-12(10-7)8(13)14/h3-4,6H,5,9H2,1-2H3,(H,13,14). The highest BCUT2D eigenvalue weighted by molar-refractivity contribution is 5.67. The molecule has 1 rings (SSSR count). The van der Waals surface area contributed by atoms with Crippen molar-refractivity contribution in [2.24, 2.45) is 5.73 Å². The molecular formula is C8H14N4O2. The Balaban J connectivity index is 2.71. The van der Waals surface area contributed by atoms with Gasteiger partial charge in [-0.25, -0.2) is 4.79 Å². The first-order valence-corrected chi connectivity index (χ1v) is 4.26. The number of carbonyl (C=O) groups is 1. The largest absolute Gasteiger partial charge is 0.463 e. The van der Waals surface area contributed by atoms with Crippen molar-refractivity contribution >= 4 is 11.9 Å². The molecule has 0 fully saturated rings. The zero-order chi connectivity index (χ0) is 10.7. The van der Waals surface area contributed by atoms with Crippen LogP contribution in [0.4, 0.5) is 10.6 Å². The van der Waals surface area contributed by atoms with Crippen LogP contribution in [0, 0.1) is 0 Å². The summed E-state index contributed by atoms with van der Waals surface area (Å²) in [6, 6.07) is 1.66. The van der Waals surface area contributed by atoms with Crippen molar-refractivity contribution in [1.82, 2.24) is 9.78 Å². The maximum Gasteiger partial charge on any atom is 0.432 e. The topological polar surface area (TPSA) is 84.4 Å². The van der Waals surface area contributed by atoms with Crippen LogP contribution in [0.3, 0.4) is 0 Å². The van der Waals surface area contributed by atoms with E-state index < -0.39 is 6.09 Å². The summed E-state index contributed by atoms with van der Waals surface area (Å²) < 4.78 is 0.868. The third kappa shape index (κ3) is 2.46. The smallest absolute Gasteiger partial charge is 0.432 e. The van der Waals surface area contributed by atoms with Gasteiger partial charge in [-0.3, -0.25) is 0 Å². The van der Waals surface area contributed by atoms with Crippen molar-refractivity contribution in [3.05, 3.63) is 12.3 Å². The minimum atomic E-state index is -1.09. The molecule has 0 aliphatic heterocycles. The van der Waals surface area contributed by atoms with Gasteiger partial charge in [0.05, 0.1) is 0 Å². The van der Waals surface area contributed by atoms with E-state index in [0.717, 1.165) is 4.68 Å². The second-order valence-electron chi connectivity index (χ2n) is 3.26. The number of nitrogens with zero attached hydrogens (tertiary/aromatic N) is 3. The predicted molar refractivity (Wildman–Crippen MR) is 52.6 cm³/mol. The Morgan fingerprint density at radius 1 is 1.86 bits per heavy atom. The van der Waals surface area contributed by atoms with Crippen LogP contribution in [0.25, 0.3) is 0 Å². The maximum atomic E-state index is 10.5. The summed E-state index contributed by atoms with van der Waals surface area (Å²) in [6.07, 6.45) is 0.306. The molecule has 6 heteroatoms. The molecule has 0 saturated heterocycles. The molecule has 0 amide bonds. The second kappa shape index (κ2) is 4.10. The molecule has 1 atom stereocenters. The minimum Gasteiger partial charge on any atom is -0.463 e. The third-order valence-electron chi connectivity index (χ3n) is 1.72. The fourth-order valence-corrected chi connectivity index (χ4v) is 1.15. The molecule has 1 aromatic rings. The molecule has 0 bridgehead atoms. The lowest BCUT2D eigenvalue weighted by Gasteiger charge is -2.17. The van der Waals surface area contributed by atoms with Crippen LogP contribution in [0.15, 0.2) is 12.3 Å². The highest BCUT2D eigenvalue weighted by Gasteiger charge is 2.09. The van der Waals surface area contributed by atoms with E-state index in [4.69, 9.17) is 10.8 Å². The van der Waals surface area contributed by atoms with Crippen LogP contribution >= 0.6 is 0 Å². The number of rotatable bonds is 3. The predicted octanol–water partition coefficient (Wildman–Crippen LogP) is 0.193. The summed E-state index contributed by atoms with van der Waals surface area (Å²) in [5, 5.41) is 12.5. The van der Waals surface area contributed by atoms with Crippen molar-refractivity contribution < 1.29 is 9.90 Å². The summed E-state index contributed by atoms with van der Waals surface area (Å²) >= 11 is 0. The molecule has 0 aliphatic rings. The highest BCUT2D eigenvalue weighted by atomic mass is 16.4. The fraction of sp³-hybridized carbons (Fsp3) is 0.500. The summed E-state index contributed by atoms with van der Waals surface area (Å²) in [7, 11) is 1.82. The van der Waals surface area contributed by atoms with Gasteiger partial charge in [0.15, 0.2) is 5.82 Å². The Bertz CT molecular complexity index is 321.